The van der Waals surface area contributed by atoms with E-state index in [9.17, 15) is 4.79 Å². The molecule has 4 heteroatoms. The second kappa shape index (κ2) is 8.68. The summed E-state index contributed by atoms with van der Waals surface area (Å²) in [4.78, 5) is 11.4. The lowest BCUT2D eigenvalue weighted by molar-refractivity contribution is -0.124. The zero-order valence-corrected chi connectivity index (χ0v) is 10.1. The first-order valence-electron chi connectivity index (χ1n) is 5.67. The summed E-state index contributed by atoms with van der Waals surface area (Å²) in [6.07, 6.45) is 1.87. The number of ether oxygens (including phenoxy) is 1. The SMILES string of the molecule is CC(C)OCCCNC(=O)C(C)CCN. The maximum atomic E-state index is 11.4. The predicted molar refractivity (Wildman–Crippen MR) is 61.6 cm³/mol. The fourth-order valence-corrected chi connectivity index (χ4v) is 1.16. The number of hydrogen-bond donors (Lipinski definition) is 2. The smallest absolute Gasteiger partial charge is 0.222 e. The molecule has 0 fully saturated rings. The number of carbonyl (C=O) groups is 1. The molecule has 0 radical (unpaired) electrons. The first-order valence-corrected chi connectivity index (χ1v) is 5.67. The van der Waals surface area contributed by atoms with Gasteiger partial charge in [0.15, 0.2) is 0 Å². The normalized spacial score (nSPS) is 12.9. The van der Waals surface area contributed by atoms with Gasteiger partial charge in [0, 0.05) is 19.1 Å². The molecule has 0 heterocycles. The fourth-order valence-electron chi connectivity index (χ4n) is 1.16. The number of rotatable bonds is 8. The van der Waals surface area contributed by atoms with Crippen LogP contribution in [0.25, 0.3) is 0 Å². The quantitative estimate of drug-likeness (QED) is 0.593. The van der Waals surface area contributed by atoms with Crippen molar-refractivity contribution in [1.82, 2.24) is 5.32 Å². The van der Waals surface area contributed by atoms with Crippen molar-refractivity contribution in [3.63, 3.8) is 0 Å². The Balaban J connectivity index is 3.38. The molecular formula is C11H24N2O2. The van der Waals surface area contributed by atoms with Crippen LogP contribution in [0.5, 0.6) is 0 Å². The highest BCUT2D eigenvalue weighted by Crippen LogP contribution is 1.99. The highest BCUT2D eigenvalue weighted by atomic mass is 16.5. The molecule has 90 valence electrons. The Morgan fingerprint density at radius 1 is 1.40 bits per heavy atom. The minimum atomic E-state index is 0.0148. The van der Waals surface area contributed by atoms with Gasteiger partial charge in [0.25, 0.3) is 0 Å². The average Bonchev–Trinajstić information content (AvgIpc) is 2.16. The Kier molecular flexibility index (Phi) is 8.33. The van der Waals surface area contributed by atoms with E-state index in [0.717, 1.165) is 12.8 Å². The molecule has 0 saturated carbocycles. The summed E-state index contributed by atoms with van der Waals surface area (Å²) in [5, 5.41) is 2.87. The van der Waals surface area contributed by atoms with Crippen LogP contribution in [-0.2, 0) is 9.53 Å². The lowest BCUT2D eigenvalue weighted by atomic mass is 10.1. The standard InChI is InChI=1S/C11H24N2O2/c1-9(2)15-8-4-7-13-11(14)10(3)5-6-12/h9-10H,4-8,12H2,1-3H3,(H,13,14). The fraction of sp³-hybridized carbons (Fsp3) is 0.909. The largest absolute Gasteiger partial charge is 0.379 e. The zero-order valence-electron chi connectivity index (χ0n) is 10.1. The molecule has 0 aliphatic heterocycles. The molecule has 0 aromatic heterocycles. The molecule has 1 unspecified atom stereocenters. The lowest BCUT2D eigenvalue weighted by Crippen LogP contribution is -2.31. The third-order valence-electron chi connectivity index (χ3n) is 2.12. The maximum absolute atomic E-state index is 11.4. The van der Waals surface area contributed by atoms with E-state index in [1.54, 1.807) is 0 Å². The van der Waals surface area contributed by atoms with Crippen molar-refractivity contribution in [3.05, 3.63) is 0 Å². The van der Waals surface area contributed by atoms with E-state index >= 15 is 0 Å². The molecule has 0 rings (SSSR count). The van der Waals surface area contributed by atoms with E-state index in [1.165, 1.54) is 0 Å². The number of nitrogens with one attached hydrogen (secondary N) is 1. The van der Waals surface area contributed by atoms with Crippen LogP contribution in [0.2, 0.25) is 0 Å². The van der Waals surface area contributed by atoms with Gasteiger partial charge in [-0.3, -0.25) is 4.79 Å². The zero-order chi connectivity index (χ0) is 11.7. The summed E-state index contributed by atoms with van der Waals surface area (Å²) in [7, 11) is 0. The number of amides is 1. The van der Waals surface area contributed by atoms with E-state index in [0.29, 0.717) is 19.7 Å². The third kappa shape index (κ3) is 8.39. The van der Waals surface area contributed by atoms with Gasteiger partial charge < -0.3 is 15.8 Å². The molecule has 4 nitrogen and oxygen atoms in total. The molecule has 0 spiro atoms. The summed E-state index contributed by atoms with van der Waals surface area (Å²) < 4.78 is 5.36. The molecule has 0 saturated heterocycles. The van der Waals surface area contributed by atoms with Gasteiger partial charge >= 0.3 is 0 Å². The highest BCUT2D eigenvalue weighted by Gasteiger charge is 2.10. The van der Waals surface area contributed by atoms with E-state index in [2.05, 4.69) is 5.32 Å². The van der Waals surface area contributed by atoms with E-state index in [-0.39, 0.29) is 17.9 Å². The number of nitrogens with two attached hydrogens (primary N) is 1. The van der Waals surface area contributed by atoms with Gasteiger partial charge in [-0.25, -0.2) is 0 Å². The van der Waals surface area contributed by atoms with Crippen LogP contribution < -0.4 is 11.1 Å². The average molecular weight is 216 g/mol. The van der Waals surface area contributed by atoms with Crippen LogP contribution in [0.15, 0.2) is 0 Å². The van der Waals surface area contributed by atoms with Crippen molar-refractivity contribution in [1.29, 1.82) is 0 Å². The summed E-state index contributed by atoms with van der Waals surface area (Å²) in [5.74, 6) is 0.103. The van der Waals surface area contributed by atoms with Crippen molar-refractivity contribution in [3.8, 4) is 0 Å². The highest BCUT2D eigenvalue weighted by molar-refractivity contribution is 5.78. The molecule has 15 heavy (non-hydrogen) atoms. The topological polar surface area (TPSA) is 64.3 Å². The van der Waals surface area contributed by atoms with Gasteiger partial charge in [-0.05, 0) is 33.2 Å². The maximum Gasteiger partial charge on any atom is 0.222 e. The molecule has 3 N–H and O–H groups in total. The van der Waals surface area contributed by atoms with Gasteiger partial charge in [-0.15, -0.1) is 0 Å². The summed E-state index contributed by atoms with van der Waals surface area (Å²) in [6, 6.07) is 0. The van der Waals surface area contributed by atoms with Crippen molar-refractivity contribution < 1.29 is 9.53 Å². The van der Waals surface area contributed by atoms with Gasteiger partial charge in [-0.1, -0.05) is 6.92 Å². The molecule has 1 atom stereocenters. The third-order valence-corrected chi connectivity index (χ3v) is 2.12. The predicted octanol–water partition coefficient (Wildman–Crippen LogP) is 0.903. The Morgan fingerprint density at radius 3 is 2.60 bits per heavy atom. The Bertz CT molecular complexity index is 172. The van der Waals surface area contributed by atoms with Crippen molar-refractivity contribution >= 4 is 5.91 Å². The van der Waals surface area contributed by atoms with E-state index < -0.39 is 0 Å². The first-order chi connectivity index (χ1) is 7.07. The second-order valence-corrected chi connectivity index (χ2v) is 4.04. The molecule has 0 aromatic carbocycles. The van der Waals surface area contributed by atoms with Crippen molar-refractivity contribution in [2.24, 2.45) is 11.7 Å². The first kappa shape index (κ1) is 14.4. The summed E-state index contributed by atoms with van der Waals surface area (Å²) in [5.41, 5.74) is 5.38. The molecule has 1 amide bonds. The summed E-state index contributed by atoms with van der Waals surface area (Å²) in [6.45, 7) is 7.84. The van der Waals surface area contributed by atoms with E-state index in [4.69, 9.17) is 10.5 Å². The monoisotopic (exact) mass is 216 g/mol. The van der Waals surface area contributed by atoms with Crippen LogP contribution in [0.1, 0.15) is 33.6 Å². The number of hydrogen-bond acceptors (Lipinski definition) is 3. The van der Waals surface area contributed by atoms with Crippen LogP contribution in [0.3, 0.4) is 0 Å². The van der Waals surface area contributed by atoms with Crippen LogP contribution in [0, 0.1) is 5.92 Å². The van der Waals surface area contributed by atoms with Gasteiger partial charge in [0.2, 0.25) is 5.91 Å². The van der Waals surface area contributed by atoms with Gasteiger partial charge in [0.05, 0.1) is 6.10 Å². The minimum Gasteiger partial charge on any atom is -0.379 e. The van der Waals surface area contributed by atoms with Crippen LogP contribution in [0.4, 0.5) is 0 Å². The second-order valence-electron chi connectivity index (χ2n) is 4.04. The summed E-state index contributed by atoms with van der Waals surface area (Å²) >= 11 is 0. The molecule has 0 aliphatic rings. The Morgan fingerprint density at radius 2 is 2.07 bits per heavy atom. The van der Waals surface area contributed by atoms with Gasteiger partial charge in [-0.2, -0.15) is 0 Å². The Labute approximate surface area is 92.6 Å². The minimum absolute atomic E-state index is 0.0148. The molecule has 0 bridgehead atoms. The van der Waals surface area contributed by atoms with Crippen molar-refractivity contribution in [2.75, 3.05) is 19.7 Å². The number of carbonyl (C=O) groups excluding carboxylic acids is 1. The molecule has 0 aromatic rings. The van der Waals surface area contributed by atoms with Crippen LogP contribution >= 0.6 is 0 Å². The molecular weight excluding hydrogens is 192 g/mol. The Hall–Kier alpha value is -0.610. The van der Waals surface area contributed by atoms with E-state index in [1.807, 2.05) is 20.8 Å². The van der Waals surface area contributed by atoms with Crippen LogP contribution in [-0.4, -0.2) is 31.7 Å². The van der Waals surface area contributed by atoms with Crippen molar-refractivity contribution in [2.45, 2.75) is 39.7 Å². The van der Waals surface area contributed by atoms with Gasteiger partial charge in [0.1, 0.15) is 0 Å². The molecule has 0 aliphatic carbocycles. The lowest BCUT2D eigenvalue weighted by Gasteiger charge is -2.11.